The molecule has 0 fully saturated rings. The Bertz CT molecular complexity index is 2440. The Kier molecular flexibility index (Phi) is 5.58. The zero-order valence-electron chi connectivity index (χ0n) is 22.8. The van der Waals surface area contributed by atoms with E-state index in [1.54, 1.807) is 16.8 Å². The molecule has 8 aromatic rings. The van der Waals surface area contributed by atoms with Crippen molar-refractivity contribution in [2.75, 3.05) is 0 Å². The fourth-order valence-electron chi connectivity index (χ4n) is 5.97. The number of fused-ring (bicyclic) bond motifs is 6. The van der Waals surface area contributed by atoms with E-state index >= 15 is 0 Å². The highest BCUT2D eigenvalue weighted by molar-refractivity contribution is 6.14. The Hall–Kier alpha value is -5.94. The van der Waals surface area contributed by atoms with Gasteiger partial charge >= 0.3 is 6.18 Å². The standard InChI is InChI=1S/C36H19F3N4O/c37-36(38,39)31-17-16-26-28-20-41-29(18-30(28)43(35(26)42-31)23-10-5-2-6-11-23)27-13-7-12-24-25-15-14-22(19-40)32(34(25)44-33(24)27)21-8-3-1-4-9-21/h1-18,20H. The van der Waals surface area contributed by atoms with Gasteiger partial charge in [0.05, 0.1) is 22.8 Å². The lowest BCUT2D eigenvalue weighted by molar-refractivity contribution is -0.141. The Morgan fingerprint density at radius 2 is 1.45 bits per heavy atom. The van der Waals surface area contributed by atoms with Crippen molar-refractivity contribution in [2.24, 2.45) is 0 Å². The number of hydrogen-bond donors (Lipinski definition) is 0. The summed E-state index contributed by atoms with van der Waals surface area (Å²) in [5.41, 5.74) is 5.15. The summed E-state index contributed by atoms with van der Waals surface area (Å²) in [6.45, 7) is 0. The average Bonchev–Trinajstić information content (AvgIpc) is 3.59. The zero-order valence-corrected chi connectivity index (χ0v) is 22.8. The predicted octanol–water partition coefficient (Wildman–Crippen LogP) is 9.70. The molecular weight excluding hydrogens is 561 g/mol. The van der Waals surface area contributed by atoms with E-state index in [1.807, 2.05) is 91.0 Å². The van der Waals surface area contributed by atoms with E-state index in [1.165, 1.54) is 6.07 Å². The lowest BCUT2D eigenvalue weighted by Gasteiger charge is -2.09. The molecule has 0 saturated carbocycles. The van der Waals surface area contributed by atoms with Crippen molar-refractivity contribution in [3.63, 3.8) is 0 Å². The number of para-hydroxylation sites is 2. The summed E-state index contributed by atoms with van der Waals surface area (Å²) in [7, 11) is 0. The van der Waals surface area contributed by atoms with Crippen LogP contribution in [0.2, 0.25) is 0 Å². The van der Waals surface area contributed by atoms with E-state index in [0.717, 1.165) is 22.4 Å². The van der Waals surface area contributed by atoms with Crippen molar-refractivity contribution in [3.8, 4) is 34.1 Å². The van der Waals surface area contributed by atoms with Crippen LogP contribution < -0.4 is 0 Å². The summed E-state index contributed by atoms with van der Waals surface area (Å²) in [5.74, 6) is 0. The summed E-state index contributed by atoms with van der Waals surface area (Å²) in [4.78, 5) is 8.83. The SMILES string of the molecule is N#Cc1ccc2c(oc3c(-c4cc5c(cn4)c4ccc(C(F)(F)F)nc4n5-c4ccccc4)cccc32)c1-c1ccccc1. The van der Waals surface area contributed by atoms with Crippen LogP contribution in [0.4, 0.5) is 13.2 Å². The second kappa shape index (κ2) is 9.54. The molecule has 4 heterocycles. The molecule has 0 spiro atoms. The minimum Gasteiger partial charge on any atom is -0.455 e. The van der Waals surface area contributed by atoms with E-state index in [-0.39, 0.29) is 5.65 Å². The first-order valence-corrected chi connectivity index (χ1v) is 13.8. The fourth-order valence-corrected chi connectivity index (χ4v) is 5.97. The minimum absolute atomic E-state index is 0.193. The highest BCUT2D eigenvalue weighted by atomic mass is 19.4. The Morgan fingerprint density at radius 3 is 2.20 bits per heavy atom. The highest BCUT2D eigenvalue weighted by Gasteiger charge is 2.33. The van der Waals surface area contributed by atoms with Gasteiger partial charge in [-0.25, -0.2) is 4.98 Å². The van der Waals surface area contributed by atoms with Gasteiger partial charge in [-0.05, 0) is 54.1 Å². The van der Waals surface area contributed by atoms with Crippen molar-refractivity contribution in [2.45, 2.75) is 6.18 Å². The van der Waals surface area contributed by atoms with E-state index in [2.05, 4.69) is 11.1 Å². The van der Waals surface area contributed by atoms with Crippen LogP contribution in [-0.4, -0.2) is 14.5 Å². The van der Waals surface area contributed by atoms with Crippen LogP contribution in [0.5, 0.6) is 0 Å². The molecule has 0 radical (unpaired) electrons. The molecule has 0 unspecified atom stereocenters. The largest absolute Gasteiger partial charge is 0.455 e. The Morgan fingerprint density at radius 1 is 0.727 bits per heavy atom. The molecule has 0 aliphatic carbocycles. The molecule has 0 aliphatic rings. The van der Waals surface area contributed by atoms with Gasteiger partial charge in [0.25, 0.3) is 0 Å². The van der Waals surface area contributed by atoms with Crippen molar-refractivity contribution >= 4 is 43.9 Å². The number of hydrogen-bond acceptors (Lipinski definition) is 4. The first-order chi connectivity index (χ1) is 21.4. The van der Waals surface area contributed by atoms with Gasteiger partial charge in [-0.15, -0.1) is 0 Å². The number of furan rings is 1. The maximum atomic E-state index is 13.7. The number of nitrogens with zero attached hydrogens (tertiary/aromatic N) is 4. The van der Waals surface area contributed by atoms with Crippen molar-refractivity contribution in [3.05, 3.63) is 127 Å². The first-order valence-electron chi connectivity index (χ1n) is 13.8. The molecule has 5 nitrogen and oxygen atoms in total. The normalized spacial score (nSPS) is 12.0. The molecule has 4 aromatic carbocycles. The number of pyridine rings is 2. The maximum Gasteiger partial charge on any atom is 0.433 e. The fraction of sp³-hybridized carbons (Fsp3) is 0.0278. The number of rotatable bonds is 3. The second-order valence-corrected chi connectivity index (χ2v) is 10.5. The molecule has 0 amide bonds. The summed E-state index contributed by atoms with van der Waals surface area (Å²) < 4.78 is 49.4. The monoisotopic (exact) mass is 580 g/mol. The lowest BCUT2D eigenvalue weighted by Crippen LogP contribution is -2.08. The van der Waals surface area contributed by atoms with Crippen molar-refractivity contribution in [1.82, 2.24) is 14.5 Å². The molecule has 44 heavy (non-hydrogen) atoms. The third kappa shape index (κ3) is 3.87. The summed E-state index contributed by atoms with van der Waals surface area (Å²) in [6.07, 6.45) is -2.91. The molecule has 0 N–H and O–H groups in total. The first kappa shape index (κ1) is 25.7. The minimum atomic E-state index is -4.59. The number of benzene rings is 4. The topological polar surface area (TPSA) is 67.6 Å². The van der Waals surface area contributed by atoms with Crippen LogP contribution in [-0.2, 0) is 6.18 Å². The van der Waals surface area contributed by atoms with Gasteiger partial charge in [0.2, 0.25) is 0 Å². The molecular formula is C36H19F3N4O. The summed E-state index contributed by atoms with van der Waals surface area (Å²) in [5, 5.41) is 12.9. The van der Waals surface area contributed by atoms with Gasteiger partial charge in [0.1, 0.15) is 22.5 Å². The highest BCUT2D eigenvalue weighted by Crippen LogP contribution is 2.42. The Labute approximate surface area is 248 Å². The van der Waals surface area contributed by atoms with Gasteiger partial charge in [0.15, 0.2) is 0 Å². The molecule has 4 aromatic heterocycles. The van der Waals surface area contributed by atoms with Crippen LogP contribution in [0.3, 0.4) is 0 Å². The van der Waals surface area contributed by atoms with Crippen LogP contribution in [0, 0.1) is 11.3 Å². The summed E-state index contributed by atoms with van der Waals surface area (Å²) in [6, 6.07) is 34.9. The van der Waals surface area contributed by atoms with Crippen LogP contribution in [0.1, 0.15) is 11.3 Å². The Balaban J connectivity index is 1.41. The predicted molar refractivity (Wildman–Crippen MR) is 164 cm³/mol. The third-order valence-corrected chi connectivity index (χ3v) is 7.93. The van der Waals surface area contributed by atoms with Gasteiger partial charge in [0, 0.05) is 44.6 Å². The number of halogens is 3. The van der Waals surface area contributed by atoms with E-state index in [0.29, 0.717) is 55.5 Å². The maximum absolute atomic E-state index is 13.7. The molecule has 8 heteroatoms. The third-order valence-electron chi connectivity index (χ3n) is 7.93. The van der Waals surface area contributed by atoms with Crippen molar-refractivity contribution in [1.29, 1.82) is 5.26 Å². The molecule has 0 atom stereocenters. The van der Waals surface area contributed by atoms with E-state index in [4.69, 9.17) is 9.40 Å². The molecule has 0 bridgehead atoms. The number of nitriles is 1. The second-order valence-electron chi connectivity index (χ2n) is 10.5. The average molecular weight is 581 g/mol. The quantitative estimate of drug-likeness (QED) is 0.209. The van der Waals surface area contributed by atoms with E-state index in [9.17, 15) is 18.4 Å². The molecule has 8 rings (SSSR count). The molecule has 210 valence electrons. The number of aromatic nitrogens is 3. The van der Waals surface area contributed by atoms with Gasteiger partial charge in [-0.2, -0.15) is 18.4 Å². The van der Waals surface area contributed by atoms with Crippen LogP contribution in [0.15, 0.2) is 120 Å². The van der Waals surface area contributed by atoms with Gasteiger partial charge in [-0.3, -0.25) is 9.55 Å². The van der Waals surface area contributed by atoms with E-state index < -0.39 is 11.9 Å². The number of alkyl halides is 3. The van der Waals surface area contributed by atoms with Gasteiger partial charge < -0.3 is 4.42 Å². The van der Waals surface area contributed by atoms with Crippen molar-refractivity contribution < 1.29 is 17.6 Å². The van der Waals surface area contributed by atoms with Gasteiger partial charge in [-0.1, -0.05) is 60.7 Å². The zero-order chi connectivity index (χ0) is 30.0. The smallest absolute Gasteiger partial charge is 0.433 e. The lowest BCUT2D eigenvalue weighted by atomic mass is 9.97. The summed E-state index contributed by atoms with van der Waals surface area (Å²) >= 11 is 0. The van der Waals surface area contributed by atoms with Crippen LogP contribution in [0.25, 0.3) is 71.9 Å². The molecule has 0 saturated heterocycles. The van der Waals surface area contributed by atoms with Crippen LogP contribution >= 0.6 is 0 Å². The molecule has 0 aliphatic heterocycles.